The van der Waals surface area contributed by atoms with Gasteiger partial charge in [0, 0.05) is 47.7 Å². The molecule has 0 aromatic rings. The standard InChI is InChI=1S/C17H31N5O2.HI/c1-14(23)22-11-10-21(13-17(22)8-6-5-7-9-17)16(18-2)19-12-15(24)20(3)4;/h5-13H2,1-4H3,(H,18,19);1H. The monoisotopic (exact) mass is 465 g/mol. The highest BCUT2D eigenvalue weighted by atomic mass is 127. The van der Waals surface area contributed by atoms with Crippen LogP contribution in [0.1, 0.15) is 39.0 Å². The SMILES string of the molecule is CN=C(NCC(=O)N(C)C)N1CCN(C(C)=O)C2(CCCCC2)C1.I. The van der Waals surface area contributed by atoms with Crippen LogP contribution in [0.15, 0.2) is 4.99 Å². The Morgan fingerprint density at radius 3 is 2.32 bits per heavy atom. The number of halogens is 1. The second-order valence-electron chi connectivity index (χ2n) is 7.07. The molecule has 1 aliphatic heterocycles. The van der Waals surface area contributed by atoms with Crippen LogP contribution in [0.3, 0.4) is 0 Å². The topological polar surface area (TPSA) is 68.2 Å². The molecule has 1 N–H and O–H groups in total. The number of carbonyl (C=O) groups excluding carboxylic acids is 2. The van der Waals surface area contributed by atoms with Crippen molar-refractivity contribution in [3.63, 3.8) is 0 Å². The van der Waals surface area contributed by atoms with E-state index in [9.17, 15) is 9.59 Å². The summed E-state index contributed by atoms with van der Waals surface area (Å²) in [6, 6.07) is 0. The minimum atomic E-state index is -0.0779. The van der Waals surface area contributed by atoms with Gasteiger partial charge in [-0.1, -0.05) is 19.3 Å². The fourth-order valence-electron chi connectivity index (χ4n) is 3.93. The summed E-state index contributed by atoms with van der Waals surface area (Å²) >= 11 is 0. The number of nitrogens with one attached hydrogen (secondary N) is 1. The van der Waals surface area contributed by atoms with Crippen molar-refractivity contribution >= 4 is 41.8 Å². The summed E-state index contributed by atoms with van der Waals surface area (Å²) < 4.78 is 0. The molecule has 1 heterocycles. The lowest BCUT2D eigenvalue weighted by Crippen LogP contribution is -2.66. The summed E-state index contributed by atoms with van der Waals surface area (Å²) in [5, 5.41) is 3.17. The average Bonchev–Trinajstić information content (AvgIpc) is 2.55. The number of hydrogen-bond donors (Lipinski definition) is 1. The maximum absolute atomic E-state index is 12.1. The summed E-state index contributed by atoms with van der Waals surface area (Å²) in [6.07, 6.45) is 5.69. The summed E-state index contributed by atoms with van der Waals surface area (Å²) in [6.45, 7) is 4.17. The van der Waals surface area contributed by atoms with E-state index < -0.39 is 0 Å². The molecule has 0 aromatic carbocycles. The van der Waals surface area contributed by atoms with Crippen molar-refractivity contribution in [2.24, 2.45) is 4.99 Å². The Kier molecular flexibility index (Phi) is 8.43. The van der Waals surface area contributed by atoms with E-state index in [1.54, 1.807) is 33.0 Å². The fraction of sp³-hybridized carbons (Fsp3) is 0.824. The molecule has 0 bridgehead atoms. The van der Waals surface area contributed by atoms with Gasteiger partial charge in [0.15, 0.2) is 5.96 Å². The van der Waals surface area contributed by atoms with Crippen molar-refractivity contribution in [3.8, 4) is 0 Å². The first-order valence-electron chi connectivity index (χ1n) is 8.83. The molecule has 0 atom stereocenters. The lowest BCUT2D eigenvalue weighted by atomic mass is 9.78. The van der Waals surface area contributed by atoms with Gasteiger partial charge in [-0.25, -0.2) is 0 Å². The second-order valence-corrected chi connectivity index (χ2v) is 7.07. The smallest absolute Gasteiger partial charge is 0.241 e. The highest BCUT2D eigenvalue weighted by Crippen LogP contribution is 2.36. The lowest BCUT2D eigenvalue weighted by molar-refractivity contribution is -0.140. The van der Waals surface area contributed by atoms with Crippen molar-refractivity contribution in [1.29, 1.82) is 0 Å². The van der Waals surface area contributed by atoms with Gasteiger partial charge >= 0.3 is 0 Å². The van der Waals surface area contributed by atoms with Crippen LogP contribution >= 0.6 is 24.0 Å². The fourth-order valence-corrected chi connectivity index (χ4v) is 3.93. The van der Waals surface area contributed by atoms with Crippen LogP contribution in [-0.2, 0) is 9.59 Å². The molecule has 1 saturated heterocycles. The van der Waals surface area contributed by atoms with Crippen LogP contribution in [0.4, 0.5) is 0 Å². The van der Waals surface area contributed by atoms with Crippen molar-refractivity contribution in [2.45, 2.75) is 44.6 Å². The van der Waals surface area contributed by atoms with Gasteiger partial charge in [0.1, 0.15) is 0 Å². The molecule has 0 radical (unpaired) electrons. The first kappa shape index (κ1) is 22.0. The molecule has 0 unspecified atom stereocenters. The van der Waals surface area contributed by atoms with Crippen LogP contribution in [0.5, 0.6) is 0 Å². The van der Waals surface area contributed by atoms with Gasteiger partial charge in [-0.2, -0.15) is 0 Å². The van der Waals surface area contributed by atoms with E-state index in [1.807, 2.05) is 0 Å². The van der Waals surface area contributed by atoms with E-state index in [1.165, 1.54) is 19.3 Å². The highest BCUT2D eigenvalue weighted by Gasteiger charge is 2.44. The third kappa shape index (κ3) is 5.21. The number of amides is 2. The quantitative estimate of drug-likeness (QED) is 0.377. The van der Waals surface area contributed by atoms with E-state index in [0.29, 0.717) is 0 Å². The molecule has 0 aromatic heterocycles. The zero-order valence-corrected chi connectivity index (χ0v) is 18.2. The minimum absolute atomic E-state index is 0. The van der Waals surface area contributed by atoms with Gasteiger partial charge in [0.05, 0.1) is 12.1 Å². The van der Waals surface area contributed by atoms with Crippen LogP contribution in [0.25, 0.3) is 0 Å². The molecular formula is C17H32IN5O2. The van der Waals surface area contributed by atoms with Crippen LogP contribution < -0.4 is 5.32 Å². The first-order valence-corrected chi connectivity index (χ1v) is 8.83. The van der Waals surface area contributed by atoms with Gasteiger partial charge in [0.25, 0.3) is 0 Å². The van der Waals surface area contributed by atoms with E-state index in [-0.39, 0.29) is 47.9 Å². The van der Waals surface area contributed by atoms with Crippen molar-refractivity contribution in [3.05, 3.63) is 0 Å². The number of piperazine rings is 1. The predicted octanol–water partition coefficient (Wildman–Crippen LogP) is 1.13. The summed E-state index contributed by atoms with van der Waals surface area (Å²) in [5.74, 6) is 0.937. The van der Waals surface area contributed by atoms with Crippen molar-refractivity contribution < 1.29 is 9.59 Å². The van der Waals surface area contributed by atoms with Gasteiger partial charge in [0.2, 0.25) is 11.8 Å². The third-order valence-electron chi connectivity index (χ3n) is 5.22. The van der Waals surface area contributed by atoms with Gasteiger partial charge in [-0.05, 0) is 12.8 Å². The predicted molar refractivity (Wildman–Crippen MR) is 110 cm³/mol. The number of guanidine groups is 1. The van der Waals surface area contributed by atoms with Gasteiger partial charge in [-0.3, -0.25) is 14.6 Å². The minimum Gasteiger partial charge on any atom is -0.347 e. The van der Waals surface area contributed by atoms with Crippen LogP contribution in [-0.4, -0.2) is 85.3 Å². The molecule has 1 saturated carbocycles. The van der Waals surface area contributed by atoms with E-state index in [2.05, 4.69) is 20.1 Å². The molecule has 8 heteroatoms. The summed E-state index contributed by atoms with van der Waals surface area (Å²) in [5.41, 5.74) is -0.0779. The molecular weight excluding hydrogens is 433 g/mol. The Hall–Kier alpha value is -1.06. The largest absolute Gasteiger partial charge is 0.347 e. The molecule has 2 aliphatic rings. The number of hydrogen-bond acceptors (Lipinski definition) is 3. The molecule has 25 heavy (non-hydrogen) atoms. The molecule has 2 fully saturated rings. The zero-order chi connectivity index (χ0) is 17.7. The Bertz CT molecular complexity index is 503. The highest BCUT2D eigenvalue weighted by molar-refractivity contribution is 14.0. The Morgan fingerprint density at radius 2 is 1.80 bits per heavy atom. The van der Waals surface area contributed by atoms with Crippen molar-refractivity contribution in [1.82, 2.24) is 20.0 Å². The van der Waals surface area contributed by atoms with Crippen LogP contribution in [0, 0.1) is 0 Å². The molecule has 144 valence electrons. The molecule has 2 rings (SSSR count). The average molecular weight is 465 g/mol. The normalized spacial score (nSPS) is 20.1. The van der Waals surface area contributed by atoms with Crippen molar-refractivity contribution in [2.75, 3.05) is 47.3 Å². The van der Waals surface area contributed by atoms with Crippen LogP contribution in [0.2, 0.25) is 0 Å². The Balaban J connectivity index is 0.00000312. The molecule has 2 amide bonds. The molecule has 7 nitrogen and oxygen atoms in total. The maximum atomic E-state index is 12.1. The number of nitrogens with zero attached hydrogens (tertiary/aromatic N) is 4. The van der Waals surface area contributed by atoms with E-state index in [0.717, 1.165) is 38.4 Å². The van der Waals surface area contributed by atoms with Gasteiger partial charge in [-0.15, -0.1) is 24.0 Å². The lowest BCUT2D eigenvalue weighted by Gasteiger charge is -2.53. The maximum Gasteiger partial charge on any atom is 0.241 e. The number of rotatable bonds is 2. The number of carbonyl (C=O) groups is 2. The van der Waals surface area contributed by atoms with E-state index >= 15 is 0 Å². The molecule has 1 spiro atoms. The third-order valence-corrected chi connectivity index (χ3v) is 5.22. The Morgan fingerprint density at radius 1 is 1.16 bits per heavy atom. The molecule has 1 aliphatic carbocycles. The number of aliphatic imine (C=N–C) groups is 1. The Labute approximate surface area is 168 Å². The first-order chi connectivity index (χ1) is 11.4. The van der Waals surface area contributed by atoms with Gasteiger partial charge < -0.3 is 20.0 Å². The number of likely N-dealkylation sites (N-methyl/N-ethyl adjacent to an activating group) is 1. The summed E-state index contributed by atoms with van der Waals surface area (Å²) in [4.78, 5) is 34.1. The zero-order valence-electron chi connectivity index (χ0n) is 15.9. The second kappa shape index (κ2) is 9.59. The van der Waals surface area contributed by atoms with E-state index in [4.69, 9.17) is 0 Å². The summed E-state index contributed by atoms with van der Waals surface area (Å²) in [7, 11) is 5.23.